The zero-order valence-corrected chi connectivity index (χ0v) is 19.2. The van der Waals surface area contributed by atoms with Crippen LogP contribution in [0.2, 0.25) is 0 Å². The van der Waals surface area contributed by atoms with Crippen LogP contribution in [0.1, 0.15) is 34.9 Å². The minimum atomic E-state index is -0.162. The highest BCUT2D eigenvalue weighted by molar-refractivity contribution is 9.10. The molecule has 0 spiro atoms. The molecule has 0 amide bonds. The molecule has 1 N–H and O–H groups in total. The first-order chi connectivity index (χ1) is 15.1. The maximum absolute atomic E-state index is 6.39. The molecular formula is C24H20BrN3O2S. The standard InChI is InChI=1S/C24H20BrN3O2S/c1-15-7-8-17(18(25)13-15)20-9-10-21(30-20)23-22(19-6-2-3-11-26-19)27-24(31)28(23)14-16-5-4-12-29-16/h2-13,22-23H,14H2,1H3,(H,27,31)/t22-,23-/m0/s1. The van der Waals surface area contributed by atoms with Gasteiger partial charge in [0, 0.05) is 16.2 Å². The first kappa shape index (κ1) is 20.0. The van der Waals surface area contributed by atoms with Gasteiger partial charge in [0.15, 0.2) is 5.11 Å². The van der Waals surface area contributed by atoms with Gasteiger partial charge >= 0.3 is 0 Å². The lowest BCUT2D eigenvalue weighted by molar-refractivity contribution is 0.253. The minimum absolute atomic E-state index is 0.135. The Hall–Kier alpha value is -2.90. The average Bonchev–Trinajstić information content (AvgIpc) is 3.51. The summed E-state index contributed by atoms with van der Waals surface area (Å²) in [6, 6.07) is 19.7. The summed E-state index contributed by atoms with van der Waals surface area (Å²) in [5.41, 5.74) is 3.11. The third-order valence-corrected chi connectivity index (χ3v) is 6.42. The number of halogens is 1. The molecule has 1 aromatic carbocycles. The van der Waals surface area contributed by atoms with E-state index in [-0.39, 0.29) is 12.1 Å². The zero-order valence-electron chi connectivity index (χ0n) is 16.8. The SMILES string of the molecule is Cc1ccc(-c2ccc([C@H]3[C@H](c4ccccn4)NC(=S)N3Cc3ccco3)o2)c(Br)c1. The van der Waals surface area contributed by atoms with Crippen LogP contribution in [0.15, 0.2) is 86.4 Å². The number of nitrogens with one attached hydrogen (secondary N) is 1. The van der Waals surface area contributed by atoms with Gasteiger partial charge in [-0.1, -0.05) is 28.1 Å². The number of nitrogens with zero attached hydrogens (tertiary/aromatic N) is 2. The molecule has 0 unspecified atom stereocenters. The summed E-state index contributed by atoms with van der Waals surface area (Å²) in [7, 11) is 0. The van der Waals surface area contributed by atoms with Crippen LogP contribution in [-0.2, 0) is 6.54 Å². The third kappa shape index (κ3) is 3.91. The van der Waals surface area contributed by atoms with Gasteiger partial charge in [0.1, 0.15) is 23.3 Å². The minimum Gasteiger partial charge on any atom is -0.467 e. The number of hydrogen-bond acceptors (Lipinski definition) is 4. The van der Waals surface area contributed by atoms with Gasteiger partial charge in [0.2, 0.25) is 0 Å². The van der Waals surface area contributed by atoms with Crippen molar-refractivity contribution in [1.29, 1.82) is 0 Å². The summed E-state index contributed by atoms with van der Waals surface area (Å²) >= 11 is 9.36. The van der Waals surface area contributed by atoms with E-state index in [1.807, 2.05) is 42.5 Å². The van der Waals surface area contributed by atoms with Gasteiger partial charge in [-0.15, -0.1) is 0 Å². The Balaban J connectivity index is 1.55. The fourth-order valence-corrected chi connectivity index (χ4v) is 4.93. The van der Waals surface area contributed by atoms with E-state index in [1.165, 1.54) is 5.56 Å². The highest BCUT2D eigenvalue weighted by Crippen LogP contribution is 2.42. The first-order valence-corrected chi connectivity index (χ1v) is 11.2. The summed E-state index contributed by atoms with van der Waals surface area (Å²) in [6.07, 6.45) is 3.47. The number of furan rings is 2. The summed E-state index contributed by atoms with van der Waals surface area (Å²) in [4.78, 5) is 6.67. The van der Waals surface area contributed by atoms with Gasteiger partial charge in [-0.2, -0.15) is 0 Å². The van der Waals surface area contributed by atoms with E-state index in [0.29, 0.717) is 11.7 Å². The van der Waals surface area contributed by atoms with E-state index in [2.05, 4.69) is 56.3 Å². The monoisotopic (exact) mass is 493 g/mol. The van der Waals surface area contributed by atoms with Crippen LogP contribution in [0.4, 0.5) is 0 Å². The van der Waals surface area contributed by atoms with Crippen molar-refractivity contribution < 1.29 is 8.83 Å². The summed E-state index contributed by atoms with van der Waals surface area (Å²) in [6.45, 7) is 2.61. The van der Waals surface area contributed by atoms with Gasteiger partial charge in [0.25, 0.3) is 0 Å². The largest absolute Gasteiger partial charge is 0.467 e. The Morgan fingerprint density at radius 1 is 1.13 bits per heavy atom. The van der Waals surface area contributed by atoms with E-state index in [0.717, 1.165) is 33.0 Å². The first-order valence-electron chi connectivity index (χ1n) is 9.97. The van der Waals surface area contributed by atoms with Gasteiger partial charge in [-0.05, 0) is 73.2 Å². The molecule has 4 heterocycles. The van der Waals surface area contributed by atoms with Crippen LogP contribution in [0.5, 0.6) is 0 Å². The van der Waals surface area contributed by atoms with Crippen molar-refractivity contribution in [3.63, 3.8) is 0 Å². The fourth-order valence-electron chi connectivity index (χ4n) is 3.93. The molecule has 7 heteroatoms. The topological polar surface area (TPSA) is 54.4 Å². The van der Waals surface area contributed by atoms with Crippen LogP contribution in [-0.4, -0.2) is 15.0 Å². The molecule has 1 fully saturated rings. The normalized spacial score (nSPS) is 18.4. The molecule has 31 heavy (non-hydrogen) atoms. The van der Waals surface area contributed by atoms with Gasteiger partial charge in [-0.25, -0.2) is 0 Å². The predicted octanol–water partition coefficient (Wildman–Crippen LogP) is 6.18. The van der Waals surface area contributed by atoms with Crippen LogP contribution in [0.25, 0.3) is 11.3 Å². The lowest BCUT2D eigenvalue weighted by atomic mass is 10.0. The van der Waals surface area contributed by atoms with E-state index >= 15 is 0 Å². The lowest BCUT2D eigenvalue weighted by Crippen LogP contribution is -2.28. The Labute approximate surface area is 194 Å². The third-order valence-electron chi connectivity index (χ3n) is 5.41. The highest BCUT2D eigenvalue weighted by atomic mass is 79.9. The number of pyridine rings is 1. The van der Waals surface area contributed by atoms with Crippen LogP contribution in [0.3, 0.4) is 0 Å². The van der Waals surface area contributed by atoms with Crippen LogP contribution in [0, 0.1) is 6.92 Å². The fraction of sp³-hybridized carbons (Fsp3) is 0.167. The molecule has 0 saturated carbocycles. The summed E-state index contributed by atoms with van der Waals surface area (Å²) < 4.78 is 13.0. The molecular weight excluding hydrogens is 474 g/mol. The number of hydrogen-bond donors (Lipinski definition) is 1. The summed E-state index contributed by atoms with van der Waals surface area (Å²) in [5, 5.41) is 4.08. The Kier molecular flexibility index (Phi) is 5.38. The number of aromatic nitrogens is 1. The van der Waals surface area contributed by atoms with Crippen molar-refractivity contribution in [2.75, 3.05) is 0 Å². The Morgan fingerprint density at radius 2 is 2.03 bits per heavy atom. The second-order valence-corrected chi connectivity index (χ2v) is 8.76. The molecule has 5 nitrogen and oxygen atoms in total. The number of aryl methyl sites for hydroxylation is 1. The van der Waals surface area contributed by atoms with Crippen molar-refractivity contribution in [2.45, 2.75) is 25.6 Å². The quantitative estimate of drug-likeness (QED) is 0.335. The highest BCUT2D eigenvalue weighted by Gasteiger charge is 2.42. The molecule has 156 valence electrons. The smallest absolute Gasteiger partial charge is 0.170 e. The second kappa shape index (κ2) is 8.32. The molecule has 0 aliphatic carbocycles. The van der Waals surface area contributed by atoms with Crippen molar-refractivity contribution >= 4 is 33.3 Å². The molecule has 4 aromatic rings. The van der Waals surface area contributed by atoms with E-state index in [4.69, 9.17) is 21.1 Å². The molecule has 0 radical (unpaired) electrons. The lowest BCUT2D eigenvalue weighted by Gasteiger charge is -2.25. The summed E-state index contributed by atoms with van der Waals surface area (Å²) in [5.74, 6) is 2.46. The van der Waals surface area contributed by atoms with Crippen molar-refractivity contribution in [2.24, 2.45) is 0 Å². The maximum Gasteiger partial charge on any atom is 0.170 e. The number of thiocarbonyl (C=S) groups is 1. The zero-order chi connectivity index (χ0) is 21.4. The number of rotatable bonds is 5. The van der Waals surface area contributed by atoms with Crippen LogP contribution >= 0.6 is 28.1 Å². The average molecular weight is 494 g/mol. The van der Waals surface area contributed by atoms with E-state index in [9.17, 15) is 0 Å². The predicted molar refractivity (Wildman–Crippen MR) is 126 cm³/mol. The Bertz CT molecular complexity index is 1210. The van der Waals surface area contributed by atoms with Gasteiger partial charge in [0.05, 0.1) is 24.5 Å². The molecule has 3 aromatic heterocycles. The van der Waals surface area contributed by atoms with Gasteiger partial charge < -0.3 is 19.1 Å². The van der Waals surface area contributed by atoms with Crippen molar-refractivity contribution in [1.82, 2.24) is 15.2 Å². The van der Waals surface area contributed by atoms with E-state index in [1.54, 1.807) is 12.5 Å². The molecule has 0 bridgehead atoms. The van der Waals surface area contributed by atoms with Crippen molar-refractivity contribution in [3.8, 4) is 11.3 Å². The molecule has 5 rings (SSSR count). The maximum atomic E-state index is 6.39. The van der Waals surface area contributed by atoms with Crippen LogP contribution < -0.4 is 5.32 Å². The van der Waals surface area contributed by atoms with Gasteiger partial charge in [-0.3, -0.25) is 4.98 Å². The molecule has 1 aliphatic heterocycles. The molecule has 1 saturated heterocycles. The number of benzene rings is 1. The van der Waals surface area contributed by atoms with E-state index < -0.39 is 0 Å². The second-order valence-electron chi connectivity index (χ2n) is 7.52. The van der Waals surface area contributed by atoms with Crippen molar-refractivity contribution in [3.05, 3.63) is 100 Å². The Morgan fingerprint density at radius 3 is 2.77 bits per heavy atom. The molecule has 2 atom stereocenters. The molecule has 1 aliphatic rings.